The van der Waals surface area contributed by atoms with Gasteiger partial charge in [-0.05, 0) is 66.1 Å². The topological polar surface area (TPSA) is 68.2 Å². The Kier molecular flexibility index (Phi) is 4.96. The maximum atomic E-state index is 6.04. The quantitative estimate of drug-likeness (QED) is 0.372. The summed E-state index contributed by atoms with van der Waals surface area (Å²) in [5.41, 5.74) is 1.61. The average Bonchev–Trinajstić information content (AvgIpc) is 3.41. The highest BCUT2D eigenvalue weighted by Gasteiger charge is 2.26. The Hall–Kier alpha value is -1.74. The molecule has 4 aromatic rings. The minimum Gasteiger partial charge on any atom is -0.440 e. The van der Waals surface area contributed by atoms with Crippen molar-refractivity contribution in [3.05, 3.63) is 50.9 Å². The molecule has 0 amide bonds. The molecule has 0 N–H and O–H groups in total. The summed E-state index contributed by atoms with van der Waals surface area (Å²) in [4.78, 5) is 12.5. The van der Waals surface area contributed by atoms with E-state index in [0.29, 0.717) is 29.2 Å². The number of halogens is 2. The molecule has 1 aliphatic rings. The maximum Gasteiger partial charge on any atom is 0.241 e. The van der Waals surface area contributed by atoms with Gasteiger partial charge < -0.3 is 8.94 Å². The molecular weight excluding hydrogens is 464 g/mol. The normalized spacial score (nSPS) is 16.2. The minimum absolute atomic E-state index is 0.323. The molecule has 1 saturated heterocycles. The van der Waals surface area contributed by atoms with Crippen molar-refractivity contribution in [2.45, 2.75) is 25.3 Å². The van der Waals surface area contributed by atoms with Gasteiger partial charge >= 0.3 is 0 Å². The van der Waals surface area contributed by atoms with Crippen LogP contribution in [-0.4, -0.2) is 33.1 Å². The Morgan fingerprint density at radius 1 is 1.21 bits per heavy atom. The molecule has 0 unspecified atom stereocenters. The van der Waals surface area contributed by atoms with Crippen LogP contribution in [0.5, 0.6) is 0 Å². The van der Waals surface area contributed by atoms with Crippen LogP contribution in [0.1, 0.15) is 30.5 Å². The van der Waals surface area contributed by atoms with Gasteiger partial charge in [-0.1, -0.05) is 16.8 Å². The number of aromatic nitrogens is 3. The second-order valence-corrected chi connectivity index (χ2v) is 9.12. The molecule has 5 rings (SSSR count). The van der Waals surface area contributed by atoms with Gasteiger partial charge in [-0.3, -0.25) is 4.90 Å². The summed E-state index contributed by atoms with van der Waals surface area (Å²) >= 11 is 11.1. The molecule has 0 saturated carbocycles. The fraction of sp³-hybridized carbons (Fsp3) is 0.316. The first-order chi connectivity index (χ1) is 13.6. The number of oxazole rings is 1. The first-order valence-electron chi connectivity index (χ1n) is 8.99. The van der Waals surface area contributed by atoms with Crippen molar-refractivity contribution < 1.29 is 8.94 Å². The monoisotopic (exact) mass is 478 g/mol. The highest BCUT2D eigenvalue weighted by Crippen LogP contribution is 2.32. The lowest BCUT2D eigenvalue weighted by atomic mass is 9.97. The lowest BCUT2D eigenvalue weighted by Gasteiger charge is -2.29. The highest BCUT2D eigenvalue weighted by atomic mass is 79.9. The van der Waals surface area contributed by atoms with Crippen molar-refractivity contribution in [2.24, 2.45) is 0 Å². The highest BCUT2D eigenvalue weighted by molar-refractivity contribution is 9.10. The van der Waals surface area contributed by atoms with Gasteiger partial charge in [0.2, 0.25) is 11.7 Å². The molecule has 0 aliphatic carbocycles. The van der Waals surface area contributed by atoms with E-state index in [0.717, 1.165) is 52.3 Å². The van der Waals surface area contributed by atoms with Crippen molar-refractivity contribution >= 4 is 50.0 Å². The van der Waals surface area contributed by atoms with Gasteiger partial charge in [0.25, 0.3) is 0 Å². The van der Waals surface area contributed by atoms with Gasteiger partial charge in [-0.15, -0.1) is 11.3 Å². The molecule has 3 aromatic heterocycles. The van der Waals surface area contributed by atoms with Gasteiger partial charge in [0, 0.05) is 20.8 Å². The van der Waals surface area contributed by atoms with E-state index in [1.807, 2.05) is 29.6 Å². The Balaban J connectivity index is 1.21. The van der Waals surface area contributed by atoms with Crippen LogP contribution < -0.4 is 0 Å². The summed E-state index contributed by atoms with van der Waals surface area (Å²) in [6.07, 6.45) is 1.97. The summed E-state index contributed by atoms with van der Waals surface area (Å²) in [5, 5.41) is 6.79. The first kappa shape index (κ1) is 18.3. The average molecular weight is 480 g/mol. The van der Waals surface area contributed by atoms with Crippen molar-refractivity contribution in [3.8, 4) is 10.7 Å². The molecule has 0 radical (unpaired) electrons. The number of piperidine rings is 1. The molecule has 6 nitrogen and oxygen atoms in total. The molecule has 9 heteroatoms. The standard InChI is InChI=1S/C19H16BrClN4O2S/c20-12-7-16(28-10-12)18-23-17(27-24-18)9-25-5-3-11(4-6-25)19-22-14-8-13(21)1-2-15(14)26-19/h1-2,7-8,10-11H,3-6,9H2. The largest absolute Gasteiger partial charge is 0.440 e. The zero-order valence-electron chi connectivity index (χ0n) is 14.8. The number of benzene rings is 1. The number of hydrogen-bond acceptors (Lipinski definition) is 7. The van der Waals surface area contributed by atoms with Gasteiger partial charge in [0.1, 0.15) is 5.52 Å². The number of thiophene rings is 1. The molecule has 1 aromatic carbocycles. The van der Waals surface area contributed by atoms with E-state index >= 15 is 0 Å². The van der Waals surface area contributed by atoms with Gasteiger partial charge in [0.15, 0.2) is 11.5 Å². The minimum atomic E-state index is 0.323. The molecule has 1 fully saturated rings. The smallest absolute Gasteiger partial charge is 0.241 e. The summed E-state index contributed by atoms with van der Waals surface area (Å²) in [7, 11) is 0. The molecule has 144 valence electrons. The van der Waals surface area contributed by atoms with Crippen LogP contribution in [-0.2, 0) is 6.54 Å². The molecule has 4 heterocycles. The van der Waals surface area contributed by atoms with Crippen LogP contribution in [0.25, 0.3) is 21.8 Å². The van der Waals surface area contributed by atoms with E-state index in [-0.39, 0.29) is 0 Å². The Morgan fingerprint density at radius 3 is 2.86 bits per heavy atom. The first-order valence-corrected chi connectivity index (χ1v) is 11.0. The van der Waals surface area contributed by atoms with Crippen molar-refractivity contribution in [1.82, 2.24) is 20.0 Å². The van der Waals surface area contributed by atoms with Crippen LogP contribution in [0.15, 0.2) is 43.1 Å². The fourth-order valence-electron chi connectivity index (χ4n) is 3.47. The lowest BCUT2D eigenvalue weighted by molar-refractivity contribution is 0.173. The van der Waals surface area contributed by atoms with E-state index in [1.165, 1.54) is 0 Å². The van der Waals surface area contributed by atoms with Crippen molar-refractivity contribution in [2.75, 3.05) is 13.1 Å². The SMILES string of the molecule is Clc1ccc2oc(C3CCN(Cc4nc(-c5cc(Br)cs5)no4)CC3)nc2c1. The zero-order valence-corrected chi connectivity index (χ0v) is 17.9. The van der Waals surface area contributed by atoms with Crippen molar-refractivity contribution in [3.63, 3.8) is 0 Å². The van der Waals surface area contributed by atoms with Gasteiger partial charge in [0.05, 0.1) is 11.4 Å². The van der Waals surface area contributed by atoms with Crippen LogP contribution >= 0.6 is 38.9 Å². The van der Waals surface area contributed by atoms with Crippen LogP contribution in [0.4, 0.5) is 0 Å². The lowest BCUT2D eigenvalue weighted by Crippen LogP contribution is -2.32. The molecule has 1 aliphatic heterocycles. The molecule has 0 atom stereocenters. The second kappa shape index (κ2) is 7.59. The van der Waals surface area contributed by atoms with Gasteiger partial charge in [-0.2, -0.15) is 4.98 Å². The third-order valence-corrected chi connectivity index (χ3v) is 6.84. The number of nitrogens with zero attached hydrogens (tertiary/aromatic N) is 4. The Labute approximate surface area is 178 Å². The summed E-state index contributed by atoms with van der Waals surface area (Å²) in [6, 6.07) is 7.55. The number of rotatable bonds is 4. The Morgan fingerprint density at radius 2 is 2.07 bits per heavy atom. The summed E-state index contributed by atoms with van der Waals surface area (Å²) in [6.45, 7) is 2.54. The summed E-state index contributed by atoms with van der Waals surface area (Å²) < 4.78 is 12.4. The van der Waals surface area contributed by atoms with E-state index in [4.69, 9.17) is 20.5 Å². The predicted octanol–water partition coefficient (Wildman–Crippen LogP) is 5.73. The zero-order chi connectivity index (χ0) is 19.1. The third kappa shape index (κ3) is 3.74. The van der Waals surface area contributed by atoms with Crippen LogP contribution in [0.2, 0.25) is 5.02 Å². The van der Waals surface area contributed by atoms with Gasteiger partial charge in [-0.25, -0.2) is 4.98 Å². The van der Waals surface area contributed by atoms with Crippen molar-refractivity contribution in [1.29, 1.82) is 0 Å². The molecular formula is C19H16BrClN4O2S. The molecule has 28 heavy (non-hydrogen) atoms. The van der Waals surface area contributed by atoms with E-state index < -0.39 is 0 Å². The molecule has 0 spiro atoms. The third-order valence-electron chi connectivity index (χ3n) is 4.92. The van der Waals surface area contributed by atoms with Crippen LogP contribution in [0, 0.1) is 0 Å². The van der Waals surface area contributed by atoms with E-state index in [9.17, 15) is 0 Å². The summed E-state index contributed by atoms with van der Waals surface area (Å²) in [5.74, 6) is 2.42. The number of likely N-dealkylation sites (tertiary alicyclic amines) is 1. The second-order valence-electron chi connectivity index (χ2n) is 6.86. The fourth-order valence-corrected chi connectivity index (χ4v) is 4.99. The number of hydrogen-bond donors (Lipinski definition) is 0. The number of fused-ring (bicyclic) bond motifs is 1. The Bertz CT molecular complexity index is 1120. The van der Waals surface area contributed by atoms with E-state index in [1.54, 1.807) is 11.3 Å². The van der Waals surface area contributed by atoms with E-state index in [2.05, 4.69) is 36.0 Å². The predicted molar refractivity (Wildman–Crippen MR) is 112 cm³/mol. The maximum absolute atomic E-state index is 6.04. The molecule has 0 bridgehead atoms. The van der Waals surface area contributed by atoms with Crippen LogP contribution in [0.3, 0.4) is 0 Å².